The topological polar surface area (TPSA) is 93.8 Å². The lowest BCUT2D eigenvalue weighted by Gasteiger charge is -2.08. The molecule has 0 aliphatic heterocycles. The molecule has 0 unspecified atom stereocenters. The monoisotopic (exact) mass is 301 g/mol. The molecule has 0 radical (unpaired) electrons. The van der Waals surface area contributed by atoms with Gasteiger partial charge in [0, 0.05) is 23.5 Å². The summed E-state index contributed by atoms with van der Waals surface area (Å²) in [6, 6.07) is 7.38. The lowest BCUT2D eigenvalue weighted by atomic mass is 10.1. The second kappa shape index (κ2) is 5.29. The van der Waals surface area contributed by atoms with E-state index >= 15 is 0 Å². The summed E-state index contributed by atoms with van der Waals surface area (Å²) in [5.74, 6) is 0.0383. The number of halogens is 1. The highest BCUT2D eigenvalue weighted by Crippen LogP contribution is 2.29. The van der Waals surface area contributed by atoms with Gasteiger partial charge in [0.05, 0.1) is 4.92 Å². The molecule has 0 saturated carbocycles. The van der Waals surface area contributed by atoms with Crippen LogP contribution in [-0.4, -0.2) is 19.9 Å². The summed E-state index contributed by atoms with van der Waals surface area (Å²) in [6.45, 7) is 0. The summed E-state index contributed by atoms with van der Waals surface area (Å²) in [6.07, 6.45) is 4.42. The van der Waals surface area contributed by atoms with Crippen LogP contribution in [0.4, 0.5) is 17.2 Å². The number of nitro groups is 1. The minimum atomic E-state index is -0.567. The zero-order valence-corrected chi connectivity index (χ0v) is 11.3. The lowest BCUT2D eigenvalue weighted by molar-refractivity contribution is -0.384. The summed E-state index contributed by atoms with van der Waals surface area (Å²) >= 11 is 5.71. The van der Waals surface area contributed by atoms with Crippen LogP contribution in [0.25, 0.3) is 10.8 Å². The molecule has 0 aliphatic carbocycles. The molecule has 1 aromatic carbocycles. The van der Waals surface area contributed by atoms with Gasteiger partial charge in [-0.3, -0.25) is 15.1 Å². The van der Waals surface area contributed by atoms with Crippen LogP contribution in [0.3, 0.4) is 0 Å². The molecule has 0 fully saturated rings. The zero-order valence-electron chi connectivity index (χ0n) is 10.5. The van der Waals surface area contributed by atoms with Gasteiger partial charge in [-0.15, -0.1) is 0 Å². The number of benzene rings is 1. The largest absolute Gasteiger partial charge is 0.334 e. The van der Waals surface area contributed by atoms with E-state index in [9.17, 15) is 10.1 Å². The van der Waals surface area contributed by atoms with Gasteiger partial charge in [0.2, 0.25) is 11.1 Å². The minimum Gasteiger partial charge on any atom is -0.334 e. The van der Waals surface area contributed by atoms with Gasteiger partial charge in [0.15, 0.2) is 0 Å². The first-order chi connectivity index (χ1) is 10.1. The van der Waals surface area contributed by atoms with Crippen molar-refractivity contribution in [3.63, 3.8) is 0 Å². The van der Waals surface area contributed by atoms with E-state index < -0.39 is 4.92 Å². The van der Waals surface area contributed by atoms with Crippen LogP contribution < -0.4 is 5.32 Å². The molecule has 21 heavy (non-hydrogen) atoms. The van der Waals surface area contributed by atoms with E-state index in [0.717, 1.165) is 17.0 Å². The summed E-state index contributed by atoms with van der Waals surface area (Å²) in [5, 5.41) is 15.6. The molecule has 0 saturated heterocycles. The fourth-order valence-electron chi connectivity index (χ4n) is 1.93. The number of hydrogen-bond acceptors (Lipinski definition) is 6. The van der Waals surface area contributed by atoms with Crippen molar-refractivity contribution < 1.29 is 4.92 Å². The molecule has 3 rings (SSSR count). The van der Waals surface area contributed by atoms with Crippen LogP contribution in [0, 0.1) is 10.1 Å². The average molecular weight is 302 g/mol. The van der Waals surface area contributed by atoms with Crippen molar-refractivity contribution in [2.24, 2.45) is 0 Å². The molecule has 0 atom stereocenters. The quantitative estimate of drug-likeness (QED) is 0.453. The number of hydrogen-bond donors (Lipinski definition) is 1. The predicted octanol–water partition coefficient (Wildman–Crippen LogP) is 3.33. The highest BCUT2D eigenvalue weighted by molar-refractivity contribution is 6.28. The highest BCUT2D eigenvalue weighted by Gasteiger charge is 2.17. The first-order valence-electron chi connectivity index (χ1n) is 5.92. The molecule has 2 heterocycles. The van der Waals surface area contributed by atoms with E-state index in [1.54, 1.807) is 18.5 Å². The Morgan fingerprint density at radius 1 is 1.24 bits per heavy atom. The summed E-state index contributed by atoms with van der Waals surface area (Å²) in [4.78, 5) is 22.0. The Morgan fingerprint density at radius 3 is 2.90 bits per heavy atom. The highest BCUT2D eigenvalue weighted by atomic mass is 35.5. The number of rotatable bonds is 3. The maximum atomic E-state index is 11.0. The van der Waals surface area contributed by atoms with E-state index in [-0.39, 0.29) is 16.8 Å². The first-order valence-corrected chi connectivity index (χ1v) is 6.29. The second-order valence-corrected chi connectivity index (χ2v) is 4.50. The molecule has 0 bridgehead atoms. The molecule has 8 heteroatoms. The van der Waals surface area contributed by atoms with Gasteiger partial charge < -0.3 is 5.32 Å². The molecule has 0 spiro atoms. The number of nitrogens with one attached hydrogen (secondary N) is 1. The lowest BCUT2D eigenvalue weighted by Crippen LogP contribution is -2.01. The Kier molecular flexibility index (Phi) is 3.33. The van der Waals surface area contributed by atoms with Gasteiger partial charge in [-0.1, -0.05) is 12.1 Å². The fourth-order valence-corrected chi connectivity index (χ4v) is 2.06. The smallest absolute Gasteiger partial charge is 0.329 e. The molecule has 0 aliphatic rings. The van der Waals surface area contributed by atoms with Crippen molar-refractivity contribution in [2.75, 3.05) is 5.32 Å². The maximum absolute atomic E-state index is 11.0. The van der Waals surface area contributed by atoms with Crippen molar-refractivity contribution in [3.8, 4) is 0 Å². The van der Waals surface area contributed by atoms with E-state index in [4.69, 9.17) is 11.6 Å². The second-order valence-electron chi connectivity index (χ2n) is 4.16. The number of nitrogens with zero attached hydrogens (tertiary/aromatic N) is 4. The first kappa shape index (κ1) is 13.2. The summed E-state index contributed by atoms with van der Waals surface area (Å²) in [5.41, 5.74) is 0.402. The van der Waals surface area contributed by atoms with Crippen molar-refractivity contribution >= 4 is 39.6 Å². The molecular formula is C13H8ClN5O2. The van der Waals surface area contributed by atoms with Crippen molar-refractivity contribution in [3.05, 3.63) is 58.3 Å². The van der Waals surface area contributed by atoms with Crippen LogP contribution in [0.2, 0.25) is 5.28 Å². The third-order valence-electron chi connectivity index (χ3n) is 2.87. The standard InChI is InChI=1S/C13H8ClN5O2/c14-13-16-7-11(19(20)21)12(18-13)17-10-3-1-2-8-4-5-15-6-9(8)10/h1-7H,(H,16,17,18). The Labute approximate surface area is 123 Å². The SMILES string of the molecule is O=[N+]([O-])c1cnc(Cl)nc1Nc1cccc2ccncc12. The average Bonchev–Trinajstić information content (AvgIpc) is 2.47. The Hall–Kier alpha value is -2.80. The van der Waals surface area contributed by atoms with Crippen LogP contribution in [0.1, 0.15) is 0 Å². The fraction of sp³-hybridized carbons (Fsp3) is 0. The van der Waals surface area contributed by atoms with Gasteiger partial charge in [0.1, 0.15) is 6.20 Å². The molecule has 0 amide bonds. The van der Waals surface area contributed by atoms with E-state index in [1.165, 1.54) is 0 Å². The summed E-state index contributed by atoms with van der Waals surface area (Å²) < 4.78 is 0. The van der Waals surface area contributed by atoms with Gasteiger partial charge in [-0.2, -0.15) is 4.98 Å². The van der Waals surface area contributed by atoms with Crippen molar-refractivity contribution in [1.29, 1.82) is 0 Å². The Balaban J connectivity index is 2.11. The molecule has 3 aromatic rings. The summed E-state index contributed by atoms with van der Waals surface area (Å²) in [7, 11) is 0. The van der Waals surface area contributed by atoms with Gasteiger partial charge >= 0.3 is 5.69 Å². The predicted molar refractivity (Wildman–Crippen MR) is 78.7 cm³/mol. The van der Waals surface area contributed by atoms with Gasteiger partial charge in [-0.05, 0) is 29.1 Å². The molecule has 2 aromatic heterocycles. The number of pyridine rings is 1. The maximum Gasteiger partial charge on any atom is 0.329 e. The number of aromatic nitrogens is 3. The molecular weight excluding hydrogens is 294 g/mol. The van der Waals surface area contributed by atoms with E-state index in [1.807, 2.05) is 18.2 Å². The van der Waals surface area contributed by atoms with E-state index in [0.29, 0.717) is 5.69 Å². The molecule has 1 N–H and O–H groups in total. The third-order valence-corrected chi connectivity index (χ3v) is 3.06. The van der Waals surface area contributed by atoms with E-state index in [2.05, 4.69) is 20.3 Å². The normalized spacial score (nSPS) is 10.5. The molecule has 7 nitrogen and oxygen atoms in total. The minimum absolute atomic E-state index is 0.0383. The van der Waals surface area contributed by atoms with Gasteiger partial charge in [0.25, 0.3) is 0 Å². The van der Waals surface area contributed by atoms with Gasteiger partial charge in [-0.25, -0.2) is 4.98 Å². The molecule has 104 valence electrons. The number of anilines is 2. The van der Waals surface area contributed by atoms with Crippen LogP contribution in [0.5, 0.6) is 0 Å². The Morgan fingerprint density at radius 2 is 2.10 bits per heavy atom. The Bertz CT molecular complexity index is 834. The van der Waals surface area contributed by atoms with Crippen molar-refractivity contribution in [1.82, 2.24) is 15.0 Å². The van der Waals surface area contributed by atoms with Crippen LogP contribution >= 0.6 is 11.6 Å². The zero-order chi connectivity index (χ0) is 14.8. The third kappa shape index (κ3) is 2.59. The van der Waals surface area contributed by atoms with Crippen molar-refractivity contribution in [2.45, 2.75) is 0 Å². The van der Waals surface area contributed by atoms with Crippen LogP contribution in [-0.2, 0) is 0 Å². The van der Waals surface area contributed by atoms with Crippen LogP contribution in [0.15, 0.2) is 42.9 Å². The number of fused-ring (bicyclic) bond motifs is 1.